The van der Waals surface area contributed by atoms with Crippen molar-refractivity contribution in [1.29, 1.82) is 0 Å². The lowest BCUT2D eigenvalue weighted by molar-refractivity contribution is -0.384. The maximum Gasteiger partial charge on any atom is 0.271 e. The van der Waals surface area contributed by atoms with E-state index in [1.807, 2.05) is 6.92 Å². The molecule has 2 rings (SSSR count). The monoisotopic (exact) mass is 308 g/mol. The fraction of sp³-hybridized carbons (Fsp3) is 0.231. The Hall–Kier alpha value is -2.41. The first kappa shape index (κ1) is 15.0. The van der Waals surface area contributed by atoms with Gasteiger partial charge in [-0.15, -0.1) is 0 Å². The molecule has 1 amide bonds. The van der Waals surface area contributed by atoms with Gasteiger partial charge in [0.15, 0.2) is 0 Å². The maximum absolute atomic E-state index is 12.2. The molecule has 1 aromatic heterocycles. The fourth-order valence-corrected chi connectivity index (χ4v) is 2.07. The highest BCUT2D eigenvalue weighted by Gasteiger charge is 2.16. The number of aryl methyl sites for hydroxylation is 1. The zero-order valence-corrected chi connectivity index (χ0v) is 12.2. The Morgan fingerprint density at radius 3 is 2.81 bits per heavy atom. The molecular weight excluding hydrogens is 296 g/mol. The minimum Gasteiger partial charge on any atom is -0.320 e. The Morgan fingerprint density at radius 2 is 2.24 bits per heavy atom. The van der Waals surface area contributed by atoms with Crippen LogP contribution in [0.3, 0.4) is 0 Å². The van der Waals surface area contributed by atoms with E-state index in [-0.39, 0.29) is 16.4 Å². The van der Waals surface area contributed by atoms with Crippen LogP contribution in [0.2, 0.25) is 5.02 Å². The zero-order chi connectivity index (χ0) is 15.6. The number of amides is 1. The van der Waals surface area contributed by atoms with Gasteiger partial charge in [0.1, 0.15) is 0 Å². The second-order valence-corrected chi connectivity index (χ2v) is 4.74. The van der Waals surface area contributed by atoms with Crippen molar-refractivity contribution in [3.63, 3.8) is 0 Å². The molecule has 0 radical (unpaired) electrons. The third-order valence-corrected chi connectivity index (χ3v) is 3.39. The Morgan fingerprint density at radius 1 is 1.52 bits per heavy atom. The molecule has 0 spiro atoms. The molecule has 0 aliphatic carbocycles. The molecule has 21 heavy (non-hydrogen) atoms. The summed E-state index contributed by atoms with van der Waals surface area (Å²) in [4.78, 5) is 22.4. The lowest BCUT2D eigenvalue weighted by atomic mass is 10.2. The van der Waals surface area contributed by atoms with Crippen LogP contribution in [-0.4, -0.2) is 20.6 Å². The van der Waals surface area contributed by atoms with E-state index in [1.54, 1.807) is 11.6 Å². The summed E-state index contributed by atoms with van der Waals surface area (Å²) in [5.41, 5.74) is 1.17. The summed E-state index contributed by atoms with van der Waals surface area (Å²) >= 11 is 5.95. The Bertz CT molecular complexity index is 711. The number of halogens is 1. The normalized spacial score (nSPS) is 10.4. The number of aromatic nitrogens is 2. The van der Waals surface area contributed by atoms with Crippen molar-refractivity contribution in [3.8, 4) is 0 Å². The molecule has 0 unspecified atom stereocenters. The lowest BCUT2D eigenvalue weighted by Gasteiger charge is -2.07. The molecule has 2 aromatic rings. The van der Waals surface area contributed by atoms with Gasteiger partial charge >= 0.3 is 0 Å². The lowest BCUT2D eigenvalue weighted by Crippen LogP contribution is -2.13. The molecule has 0 atom stereocenters. The summed E-state index contributed by atoms with van der Waals surface area (Å²) in [5.74, 6) is -0.408. The number of hydrogen-bond donors (Lipinski definition) is 1. The minimum atomic E-state index is -0.549. The van der Waals surface area contributed by atoms with Gasteiger partial charge in [0.2, 0.25) is 0 Å². The number of nitro benzene ring substituents is 1. The van der Waals surface area contributed by atoms with Crippen LogP contribution < -0.4 is 5.32 Å². The van der Waals surface area contributed by atoms with Crippen LogP contribution in [-0.2, 0) is 6.54 Å². The molecule has 0 aliphatic heterocycles. The first-order valence-corrected chi connectivity index (χ1v) is 6.59. The Balaban J connectivity index is 2.29. The van der Waals surface area contributed by atoms with E-state index in [1.165, 1.54) is 24.4 Å². The summed E-state index contributed by atoms with van der Waals surface area (Å²) in [6, 6.07) is 3.87. The van der Waals surface area contributed by atoms with Crippen molar-refractivity contribution < 1.29 is 9.72 Å². The van der Waals surface area contributed by atoms with Crippen LogP contribution in [0, 0.1) is 17.0 Å². The number of carbonyl (C=O) groups is 1. The van der Waals surface area contributed by atoms with Crippen LogP contribution in [0.15, 0.2) is 24.4 Å². The summed E-state index contributed by atoms with van der Waals surface area (Å²) in [5, 5.41) is 17.6. The van der Waals surface area contributed by atoms with Crippen molar-refractivity contribution in [3.05, 3.63) is 50.8 Å². The van der Waals surface area contributed by atoms with E-state index < -0.39 is 10.8 Å². The number of hydrogen-bond acceptors (Lipinski definition) is 4. The van der Waals surface area contributed by atoms with Gasteiger partial charge in [-0.05, 0) is 19.9 Å². The summed E-state index contributed by atoms with van der Waals surface area (Å²) in [6.45, 7) is 4.34. The number of anilines is 1. The first-order valence-electron chi connectivity index (χ1n) is 6.21. The number of non-ortho nitro benzene ring substituents is 1. The fourth-order valence-electron chi connectivity index (χ4n) is 1.90. The van der Waals surface area contributed by atoms with Crippen molar-refractivity contribution in [1.82, 2.24) is 9.78 Å². The van der Waals surface area contributed by atoms with Gasteiger partial charge in [-0.1, -0.05) is 11.6 Å². The molecule has 0 fully saturated rings. The second-order valence-electron chi connectivity index (χ2n) is 4.33. The highest BCUT2D eigenvalue weighted by Crippen LogP contribution is 2.27. The van der Waals surface area contributed by atoms with Crippen LogP contribution >= 0.6 is 11.6 Å². The molecular formula is C13H13ClN4O3. The molecule has 0 saturated heterocycles. The van der Waals surface area contributed by atoms with E-state index in [0.717, 1.165) is 5.69 Å². The van der Waals surface area contributed by atoms with Gasteiger partial charge in [0, 0.05) is 24.4 Å². The molecule has 1 N–H and O–H groups in total. The first-order chi connectivity index (χ1) is 9.93. The molecule has 110 valence electrons. The largest absolute Gasteiger partial charge is 0.320 e. The van der Waals surface area contributed by atoms with Crippen molar-refractivity contribution in [2.24, 2.45) is 0 Å². The smallest absolute Gasteiger partial charge is 0.271 e. The zero-order valence-electron chi connectivity index (χ0n) is 11.5. The van der Waals surface area contributed by atoms with Gasteiger partial charge < -0.3 is 5.32 Å². The van der Waals surface area contributed by atoms with E-state index in [4.69, 9.17) is 11.6 Å². The number of carbonyl (C=O) groups excluding carboxylic acids is 1. The Labute approximate surface area is 125 Å². The van der Waals surface area contributed by atoms with Crippen LogP contribution in [0.1, 0.15) is 23.0 Å². The molecule has 7 nitrogen and oxygen atoms in total. The molecule has 0 aliphatic rings. The number of nitrogens with one attached hydrogen (secondary N) is 1. The van der Waals surface area contributed by atoms with Crippen molar-refractivity contribution in [2.45, 2.75) is 20.4 Å². The minimum absolute atomic E-state index is 0.143. The topological polar surface area (TPSA) is 90.1 Å². The van der Waals surface area contributed by atoms with E-state index in [9.17, 15) is 14.9 Å². The second kappa shape index (κ2) is 5.92. The molecule has 0 bridgehead atoms. The van der Waals surface area contributed by atoms with Crippen molar-refractivity contribution in [2.75, 3.05) is 5.32 Å². The Kier molecular flexibility index (Phi) is 4.23. The molecule has 1 aromatic carbocycles. The maximum atomic E-state index is 12.2. The van der Waals surface area contributed by atoms with Crippen LogP contribution in [0.25, 0.3) is 0 Å². The van der Waals surface area contributed by atoms with Gasteiger partial charge in [-0.2, -0.15) is 5.10 Å². The summed E-state index contributed by atoms with van der Waals surface area (Å²) < 4.78 is 1.68. The average molecular weight is 309 g/mol. The van der Waals surface area contributed by atoms with E-state index in [0.29, 0.717) is 12.1 Å². The predicted octanol–water partition coefficient (Wildman–Crippen LogP) is 3.03. The quantitative estimate of drug-likeness (QED) is 0.694. The highest BCUT2D eigenvalue weighted by atomic mass is 35.5. The molecule has 1 heterocycles. The van der Waals surface area contributed by atoms with Gasteiger partial charge in [-0.25, -0.2) is 0 Å². The van der Waals surface area contributed by atoms with Crippen LogP contribution in [0.5, 0.6) is 0 Å². The number of nitro groups is 1. The van der Waals surface area contributed by atoms with E-state index >= 15 is 0 Å². The van der Waals surface area contributed by atoms with E-state index in [2.05, 4.69) is 10.4 Å². The van der Waals surface area contributed by atoms with Gasteiger partial charge in [0.05, 0.1) is 27.4 Å². The number of rotatable bonds is 4. The predicted molar refractivity (Wildman–Crippen MR) is 78.7 cm³/mol. The number of benzene rings is 1. The van der Waals surface area contributed by atoms with Crippen LogP contribution in [0.4, 0.5) is 11.4 Å². The average Bonchev–Trinajstić information content (AvgIpc) is 2.82. The van der Waals surface area contributed by atoms with Gasteiger partial charge in [-0.3, -0.25) is 19.6 Å². The number of nitrogens with zero attached hydrogens (tertiary/aromatic N) is 3. The standard InChI is InChI=1S/C13H13ClN4O3/c1-3-17-8(2)10(7-15-17)13(19)16-12-6-9(18(20)21)4-5-11(12)14/h4-7H,3H2,1-2H3,(H,16,19). The summed E-state index contributed by atoms with van der Waals surface area (Å²) in [6.07, 6.45) is 1.46. The van der Waals surface area contributed by atoms with Gasteiger partial charge in [0.25, 0.3) is 11.6 Å². The molecule has 0 saturated carbocycles. The summed E-state index contributed by atoms with van der Waals surface area (Å²) in [7, 11) is 0. The SMILES string of the molecule is CCn1ncc(C(=O)Nc2cc([N+](=O)[O-])ccc2Cl)c1C. The molecule has 8 heteroatoms. The highest BCUT2D eigenvalue weighted by molar-refractivity contribution is 6.34. The third-order valence-electron chi connectivity index (χ3n) is 3.06. The van der Waals surface area contributed by atoms with Crippen molar-refractivity contribution >= 4 is 28.9 Å². The third kappa shape index (κ3) is 3.03.